The highest BCUT2D eigenvalue weighted by Gasteiger charge is 2.85. The lowest BCUT2D eigenvalue weighted by Crippen LogP contribution is -2.93. The van der Waals surface area contributed by atoms with E-state index in [2.05, 4.69) is 0 Å². The summed E-state index contributed by atoms with van der Waals surface area (Å²) in [6, 6.07) is 11.0. The van der Waals surface area contributed by atoms with E-state index in [1.54, 1.807) is 0 Å². The molecular formula is C48H56N2O26. The van der Waals surface area contributed by atoms with Gasteiger partial charge in [-0.15, -0.1) is 0 Å². The average Bonchev–Trinajstić information content (AvgIpc) is 3.66. The molecule has 0 aromatic heterocycles. The number of rotatable bonds is 15. The molecule has 76 heavy (non-hydrogen) atoms. The summed E-state index contributed by atoms with van der Waals surface area (Å²) >= 11 is 0. The lowest BCUT2D eigenvalue weighted by atomic mass is 9.68. The molecule has 2 saturated heterocycles. The Labute approximate surface area is 428 Å². The highest BCUT2D eigenvalue weighted by Crippen LogP contribution is 2.58. The number of piperidine rings is 2. The molecule has 2 aliphatic carbocycles. The van der Waals surface area contributed by atoms with Crippen molar-refractivity contribution in [2.24, 2.45) is 17.8 Å². The van der Waals surface area contributed by atoms with Crippen LogP contribution in [-0.4, -0.2) is 189 Å². The summed E-state index contributed by atoms with van der Waals surface area (Å²) in [4.78, 5) is 27.9. The van der Waals surface area contributed by atoms with E-state index in [0.717, 1.165) is 24.1 Å². The van der Waals surface area contributed by atoms with Crippen molar-refractivity contribution in [3.8, 4) is 51.7 Å². The standard InChI is InChI=1S/C48H56N2O26/c1-72-29-14-23-25(16-30(29)73-2)42(58,59)27(34(23)51)13-21-9-11-49(12-10-21)44(62,63)33-36(53)38(55)40(39(56)37(33)54)76-20-75-32-15-24-26(17-31(32)74-3)43(60,61)28(35(24)52)18-41(57)45(64,65)47(68,69)50(48(70,71)46(41,66)67)19-22-7-5-4-6-8-22/h4-8,14-17,21,27-28,53-71H,9-13,18-20H2,1-3H3. The van der Waals surface area contributed by atoms with Gasteiger partial charge in [0.05, 0.1) is 33.2 Å². The van der Waals surface area contributed by atoms with Crippen molar-refractivity contribution in [1.82, 2.24) is 9.80 Å². The number of carbonyl (C=O) groups is 2. The molecule has 0 amide bonds. The number of likely N-dealkylation sites (tertiary alicyclic amines) is 2. The Balaban J connectivity index is 0.966. The van der Waals surface area contributed by atoms with Gasteiger partial charge in [-0.2, -0.15) is 4.90 Å². The number of aromatic hydroxyl groups is 4. The average molecular weight is 1080 g/mol. The van der Waals surface area contributed by atoms with Crippen molar-refractivity contribution in [2.45, 2.75) is 78.7 Å². The predicted molar refractivity (Wildman–Crippen MR) is 245 cm³/mol. The Morgan fingerprint density at radius 1 is 0.592 bits per heavy atom. The summed E-state index contributed by atoms with van der Waals surface area (Å²) in [5.41, 5.74) is -7.29. The molecular weight excluding hydrogens is 1020 g/mol. The van der Waals surface area contributed by atoms with Gasteiger partial charge in [0.2, 0.25) is 35.6 Å². The summed E-state index contributed by atoms with van der Waals surface area (Å²) in [6.45, 7) is -2.67. The minimum Gasteiger partial charge on any atom is -0.504 e. The van der Waals surface area contributed by atoms with Crippen molar-refractivity contribution in [3.05, 3.63) is 88.0 Å². The number of ketones is 2. The Morgan fingerprint density at radius 2 is 1.04 bits per heavy atom. The molecule has 0 spiro atoms. The first kappa shape index (κ1) is 56.0. The molecule has 414 valence electrons. The van der Waals surface area contributed by atoms with Crippen LogP contribution in [0.4, 0.5) is 0 Å². The zero-order valence-corrected chi connectivity index (χ0v) is 40.3. The Bertz CT molecular complexity index is 2870. The maximum Gasteiger partial charge on any atom is 0.289 e. The molecule has 4 aliphatic rings. The van der Waals surface area contributed by atoms with Gasteiger partial charge in [0.15, 0.2) is 51.7 Å². The van der Waals surface area contributed by atoms with Gasteiger partial charge in [-0.25, -0.2) is 4.90 Å². The number of benzene rings is 4. The Kier molecular flexibility index (Phi) is 13.8. The normalized spacial score (nSPS) is 23.2. The van der Waals surface area contributed by atoms with E-state index in [-0.39, 0.29) is 60.5 Å². The number of hydrogen-bond donors (Lipinski definition) is 19. The van der Waals surface area contributed by atoms with Gasteiger partial charge in [0.25, 0.3) is 29.3 Å². The molecule has 4 aromatic rings. The molecule has 8 rings (SSSR count). The fourth-order valence-electron chi connectivity index (χ4n) is 10.6. The Hall–Kier alpha value is -6.26. The van der Waals surface area contributed by atoms with Crippen LogP contribution in [0, 0.1) is 17.8 Å². The van der Waals surface area contributed by atoms with Crippen molar-refractivity contribution < 1.29 is 130 Å². The van der Waals surface area contributed by atoms with Gasteiger partial charge in [-0.3, -0.25) is 9.59 Å². The van der Waals surface area contributed by atoms with Crippen LogP contribution < -0.4 is 23.7 Å². The third-order valence-electron chi connectivity index (χ3n) is 15.0. The summed E-state index contributed by atoms with van der Waals surface area (Å²) in [6.07, 6.45) is -1.87. The molecule has 0 saturated carbocycles. The van der Waals surface area contributed by atoms with Crippen LogP contribution in [0.5, 0.6) is 51.7 Å². The number of fused-ring (bicyclic) bond motifs is 2. The van der Waals surface area contributed by atoms with Gasteiger partial charge in [-0.1, -0.05) is 30.3 Å². The summed E-state index contributed by atoms with van der Waals surface area (Å²) < 4.78 is 26.5. The number of nitrogens with zero attached hydrogens (tertiary/aromatic N) is 2. The zero-order valence-electron chi connectivity index (χ0n) is 40.3. The van der Waals surface area contributed by atoms with Gasteiger partial charge < -0.3 is 121 Å². The minimum absolute atomic E-state index is 0.00900. The highest BCUT2D eigenvalue weighted by molar-refractivity contribution is 6.05. The first-order chi connectivity index (χ1) is 35.2. The molecule has 2 fully saturated rings. The number of Topliss-reactive ketones (excluding diaryl/α,β-unsaturated/α-hetero) is 2. The molecule has 28 nitrogen and oxygen atoms in total. The van der Waals surface area contributed by atoms with Crippen LogP contribution >= 0.6 is 0 Å². The number of carbonyl (C=O) groups excluding carboxylic acids is 2. The van der Waals surface area contributed by atoms with E-state index in [0.29, 0.717) is 0 Å². The number of phenolic OH excluding ortho intramolecular Hbond substituents is 4. The van der Waals surface area contributed by atoms with Crippen LogP contribution in [0.1, 0.15) is 68.7 Å². The molecule has 2 heterocycles. The number of ether oxygens (including phenoxy) is 5. The molecule has 4 aromatic carbocycles. The monoisotopic (exact) mass is 1080 g/mol. The van der Waals surface area contributed by atoms with Crippen molar-refractivity contribution in [2.75, 3.05) is 41.2 Å². The molecule has 0 bridgehead atoms. The summed E-state index contributed by atoms with van der Waals surface area (Å²) in [5, 5.41) is 212. The van der Waals surface area contributed by atoms with E-state index in [1.165, 1.54) is 56.7 Å². The first-order valence-corrected chi connectivity index (χ1v) is 23.0. The second-order valence-electron chi connectivity index (χ2n) is 19.1. The van der Waals surface area contributed by atoms with Gasteiger partial charge in [0, 0.05) is 48.3 Å². The van der Waals surface area contributed by atoms with Crippen molar-refractivity contribution in [3.63, 3.8) is 0 Å². The lowest BCUT2D eigenvalue weighted by molar-refractivity contribution is -0.598. The topological polar surface area (TPSA) is 471 Å². The molecule has 28 heteroatoms. The van der Waals surface area contributed by atoms with Crippen molar-refractivity contribution in [1.29, 1.82) is 0 Å². The second-order valence-corrected chi connectivity index (χ2v) is 19.1. The van der Waals surface area contributed by atoms with E-state index < -0.39 is 157 Å². The van der Waals surface area contributed by atoms with Crippen LogP contribution in [0.15, 0.2) is 54.6 Å². The second kappa shape index (κ2) is 18.7. The van der Waals surface area contributed by atoms with Crippen molar-refractivity contribution >= 4 is 11.6 Å². The number of hydrogen-bond acceptors (Lipinski definition) is 28. The molecule has 2 atom stereocenters. The summed E-state index contributed by atoms with van der Waals surface area (Å²) in [5.74, 6) is -41.5. The number of methoxy groups -OCH3 is 3. The maximum absolute atomic E-state index is 14.0. The lowest BCUT2D eigenvalue weighted by Gasteiger charge is -2.63. The van der Waals surface area contributed by atoms with Gasteiger partial charge in [0.1, 0.15) is 5.56 Å². The number of phenols is 4. The maximum atomic E-state index is 14.0. The Morgan fingerprint density at radius 3 is 1.54 bits per heavy atom. The molecule has 0 radical (unpaired) electrons. The quantitative estimate of drug-likeness (QED) is 0.0307. The van der Waals surface area contributed by atoms with E-state index >= 15 is 0 Å². The highest BCUT2D eigenvalue weighted by atomic mass is 16.7. The first-order valence-electron chi connectivity index (χ1n) is 23.0. The largest absolute Gasteiger partial charge is 0.504 e. The fraction of sp³-hybridized carbons (Fsp3) is 0.458. The van der Waals surface area contributed by atoms with Crippen LogP contribution in [-0.2, 0) is 24.0 Å². The number of aliphatic hydroxyl groups is 15. The fourth-order valence-corrected chi connectivity index (χ4v) is 10.6. The van der Waals surface area contributed by atoms with Gasteiger partial charge in [-0.05, 0) is 55.0 Å². The predicted octanol–water partition coefficient (Wildman–Crippen LogP) is -3.98. The molecule has 2 aliphatic heterocycles. The smallest absolute Gasteiger partial charge is 0.289 e. The SMILES string of the molecule is COc1cc2c(cc1OC)C(O)(O)C(CC1CCN(C(O)(O)c3c(O)c(O)c(OCOc4cc5c(cc4OC)C(O)(O)C(CC4(O)C(O)(O)C(O)(O)N(Cc6ccccc6)C(O)(O)C4(O)O)C5=O)c(O)c3O)CC1)C2=O. The summed E-state index contributed by atoms with van der Waals surface area (Å²) in [7, 11) is 3.69. The molecule has 2 unspecified atom stereocenters. The molecule has 19 N–H and O–H groups in total. The zero-order chi connectivity index (χ0) is 56.3. The van der Waals surface area contributed by atoms with Crippen LogP contribution in [0.3, 0.4) is 0 Å². The van der Waals surface area contributed by atoms with Crippen LogP contribution in [0.25, 0.3) is 0 Å². The van der Waals surface area contributed by atoms with E-state index in [1.807, 2.05) is 0 Å². The third kappa shape index (κ3) is 8.12. The van der Waals surface area contributed by atoms with Gasteiger partial charge >= 0.3 is 0 Å². The van der Waals surface area contributed by atoms with Crippen LogP contribution in [0.2, 0.25) is 0 Å². The minimum atomic E-state index is -4.69. The van der Waals surface area contributed by atoms with E-state index in [4.69, 9.17) is 23.7 Å². The third-order valence-corrected chi connectivity index (χ3v) is 15.0. The van der Waals surface area contributed by atoms with E-state index in [9.17, 15) is 107 Å².